The summed E-state index contributed by atoms with van der Waals surface area (Å²) in [5.41, 5.74) is 7.61. The Balaban J connectivity index is 0.000000435. The van der Waals surface area contributed by atoms with Gasteiger partial charge in [0.25, 0.3) is 0 Å². The van der Waals surface area contributed by atoms with Gasteiger partial charge in [0.2, 0.25) is 0 Å². The van der Waals surface area contributed by atoms with Crippen molar-refractivity contribution in [3.05, 3.63) is 29.6 Å². The Morgan fingerprint density at radius 1 is 0.304 bits per heavy atom. The summed E-state index contributed by atoms with van der Waals surface area (Å²) in [6.07, 6.45) is 17.9. The van der Waals surface area contributed by atoms with Gasteiger partial charge in [-0.1, -0.05) is 136 Å². The van der Waals surface area contributed by atoms with Gasteiger partial charge in [-0.25, -0.2) is 0 Å². The summed E-state index contributed by atoms with van der Waals surface area (Å²) in [4.78, 5) is 23.4. The monoisotopic (exact) mass is 1570 g/mol. The Morgan fingerprint density at radius 2 is 0.598 bits per heavy atom. The molecule has 7 saturated heterocycles. The number of piperidine rings is 3. The van der Waals surface area contributed by atoms with Crippen molar-refractivity contribution in [1.82, 2.24) is 53.9 Å². The molecule has 664 valence electrons. The molecule has 0 saturated carbocycles. The Kier molecular flexibility index (Phi) is 37.7. The molecule has 1 N–H and O–H groups in total. The van der Waals surface area contributed by atoms with Crippen molar-refractivity contribution < 1.29 is 5.11 Å². The van der Waals surface area contributed by atoms with Crippen LogP contribution in [0.5, 0.6) is 0 Å². The van der Waals surface area contributed by atoms with E-state index in [0.717, 1.165) is 62.3 Å². The number of fused-ring (bicyclic) bond motifs is 2. The molecule has 7 fully saturated rings. The van der Waals surface area contributed by atoms with Gasteiger partial charge in [-0.2, -0.15) is 5.10 Å². The average molecular weight is 1580 g/mol. The van der Waals surface area contributed by atoms with Gasteiger partial charge in [0.05, 0.1) is 17.3 Å². The molecule has 0 spiro atoms. The van der Waals surface area contributed by atoms with E-state index < -0.39 is 5.60 Å². The molecular weight excluding hydrogens is 1370 g/mol. The first-order chi connectivity index (χ1) is 49.5. The molecule has 8 aliphatic heterocycles. The highest BCUT2D eigenvalue weighted by atomic mass is 16.3. The van der Waals surface area contributed by atoms with Gasteiger partial charge in [-0.3, -0.25) is 48.8 Å². The van der Waals surface area contributed by atoms with Crippen LogP contribution >= 0.6 is 0 Å². The minimum absolute atomic E-state index is 0.00300. The Morgan fingerprint density at radius 3 is 0.821 bits per heavy atom. The van der Waals surface area contributed by atoms with Crippen molar-refractivity contribution >= 4 is 0 Å². The Labute approximate surface area is 702 Å². The van der Waals surface area contributed by atoms with Gasteiger partial charge < -0.3 is 5.11 Å². The number of piperazine rings is 2. The first-order valence-corrected chi connectivity index (χ1v) is 45.8. The summed E-state index contributed by atoms with van der Waals surface area (Å²) in [5, 5.41) is 14.9. The first kappa shape index (κ1) is 107. The van der Waals surface area contributed by atoms with Gasteiger partial charge in [-0.15, -0.1) is 0 Å². The summed E-state index contributed by atoms with van der Waals surface area (Å²) in [7, 11) is 0. The van der Waals surface area contributed by atoms with Crippen LogP contribution in [0, 0.1) is 44.8 Å². The van der Waals surface area contributed by atoms with Crippen molar-refractivity contribution in [2.45, 2.75) is 469 Å². The van der Waals surface area contributed by atoms with E-state index in [9.17, 15) is 5.11 Å². The summed E-state index contributed by atoms with van der Waals surface area (Å²) in [6.45, 7) is 130. The molecule has 2 bridgehead atoms. The molecule has 1 aromatic rings. The van der Waals surface area contributed by atoms with Crippen LogP contribution in [-0.4, -0.2) is 231 Å². The molecule has 0 aromatic carbocycles. The summed E-state index contributed by atoms with van der Waals surface area (Å²) in [5.74, 6) is 2.74. The molecule has 0 radical (unpaired) electrons. The highest BCUT2D eigenvalue weighted by molar-refractivity contribution is 5.17. The Bertz CT molecular complexity index is 2600. The molecule has 1 aromatic heterocycles. The SMILES string of the molecule is CC(C)(C)C1=CCN(C(C)(C)C)CC1.CC(C)(C)C1CCN(C(C)(C)C)CC1.CC(C)(C)C1CCN(C(C)(C)C)CC1.CC(C)(C)C1CN(C(C)(C)C)C1.CC(C)(C)N1CC2CCC(C1)N2C(C)(C)C.CC(C)(C)N1CCC(O)(C(C)(C)C)CC1.CC(C)(C)N1CCN(C(C)(C)C)CC1.CC(C)(C)c1cnn(C(C)(C)C)c1. The molecule has 9 rings (SSSR count). The molecule has 0 amide bonds. The van der Waals surface area contributed by atoms with Crippen molar-refractivity contribution in [3.8, 4) is 0 Å². The Hall–Kier alpha value is -1.45. The maximum absolute atomic E-state index is 10.6. The average Bonchev–Trinajstić information content (AvgIpc) is 1.58. The van der Waals surface area contributed by atoms with Crippen molar-refractivity contribution in [3.63, 3.8) is 0 Å². The number of nitrogens with zero attached hydrogens (tertiary/aromatic N) is 11. The molecule has 2 atom stereocenters. The summed E-state index contributed by atoms with van der Waals surface area (Å²) >= 11 is 0. The number of hydrogen-bond acceptors (Lipinski definition) is 11. The third kappa shape index (κ3) is 35.7. The van der Waals surface area contributed by atoms with E-state index in [1.54, 1.807) is 5.57 Å². The van der Waals surface area contributed by atoms with E-state index in [-0.39, 0.29) is 21.9 Å². The van der Waals surface area contributed by atoms with Crippen LogP contribution in [0.3, 0.4) is 0 Å². The lowest BCUT2D eigenvalue weighted by Crippen LogP contribution is -2.63. The number of aromatic nitrogens is 2. The third-order valence-corrected chi connectivity index (χ3v) is 27.0. The molecule has 2 unspecified atom stereocenters. The summed E-state index contributed by atoms with van der Waals surface area (Å²) in [6, 6.07) is 1.58. The van der Waals surface area contributed by atoms with E-state index >= 15 is 0 Å². The zero-order chi connectivity index (χ0) is 87.8. The lowest BCUT2D eigenvalue weighted by Gasteiger charge is -2.52. The van der Waals surface area contributed by atoms with E-state index in [0.29, 0.717) is 66.0 Å². The predicted octanol–water partition coefficient (Wildman–Crippen LogP) is 23.8. The second kappa shape index (κ2) is 39.6. The summed E-state index contributed by atoms with van der Waals surface area (Å²) < 4.78 is 2.02. The highest BCUT2D eigenvalue weighted by Crippen LogP contribution is 2.43. The molecule has 12 nitrogen and oxygen atoms in total. The van der Waals surface area contributed by atoms with Gasteiger partial charge in [0.1, 0.15) is 0 Å². The minimum atomic E-state index is -0.477. The number of aliphatic hydroxyl groups is 1. The van der Waals surface area contributed by atoms with Crippen LogP contribution in [-0.2, 0) is 11.0 Å². The fourth-order valence-corrected chi connectivity index (χ4v) is 17.3. The molecule has 0 aliphatic carbocycles. The van der Waals surface area contributed by atoms with Crippen molar-refractivity contribution in [1.29, 1.82) is 0 Å². The van der Waals surface area contributed by atoms with Crippen LogP contribution in [0.15, 0.2) is 24.0 Å². The highest BCUT2D eigenvalue weighted by Gasteiger charge is 2.48. The van der Waals surface area contributed by atoms with Gasteiger partial charge in [-0.05, 0) is 347 Å². The first-order valence-electron chi connectivity index (χ1n) is 45.8. The normalized spacial score (nSPS) is 23.1. The van der Waals surface area contributed by atoms with Gasteiger partial charge in [0, 0.05) is 147 Å². The molecule has 12 heteroatoms. The second-order valence-corrected chi connectivity index (χ2v) is 52.5. The molecular formula is C100H203N11O. The van der Waals surface area contributed by atoms with E-state index in [1.165, 1.54) is 136 Å². The van der Waals surface area contributed by atoms with Crippen LogP contribution in [0.1, 0.15) is 396 Å². The lowest BCUT2D eigenvalue weighted by molar-refractivity contribution is -0.109. The maximum Gasteiger partial charge on any atom is 0.0720 e. The van der Waals surface area contributed by atoms with E-state index in [2.05, 4.69) is 394 Å². The number of rotatable bonds is 0. The smallest absolute Gasteiger partial charge is 0.0720 e. The van der Waals surface area contributed by atoms with Gasteiger partial charge in [0.15, 0.2) is 0 Å². The van der Waals surface area contributed by atoms with Crippen LogP contribution in [0.2, 0.25) is 0 Å². The van der Waals surface area contributed by atoms with E-state index in [1.807, 2.05) is 10.9 Å². The molecule has 112 heavy (non-hydrogen) atoms. The number of hydrogen-bond donors (Lipinski definition) is 1. The second-order valence-electron chi connectivity index (χ2n) is 52.5. The maximum atomic E-state index is 10.6. The fourth-order valence-electron chi connectivity index (χ4n) is 17.3. The standard InChI is InChI=1S/C14H28N2.C13H27NO.2C13H27N.C13H25N.C12H26N2.C11H20N2.C11H23N/c1-13(2,3)15-9-11-7-8-12(10-15)16(11)14(4,5)6;1-11(2,3)13(15)7-9-14(10-8-13)12(4,5)6;3*1-12(2,3)11-7-9-14(10-8-11)13(4,5)6;1-11(2,3)13-7-9-14(10-8-13)12(4,5)6;1-10(2,3)9-7-12-13(8-9)11(4,5)6;1-10(2,3)9-7-12(8-9)11(4,5)6/h11-12H,7-10H2,1-6H3;15H,7-10H2,1-6H3;2*11H,7-10H2,1-6H3;7H,8-10H2,1-6H3;7-10H2,1-6H3;7-8H,1-6H3;9H,7-8H2,1-6H3. The molecule has 8 aliphatic rings. The predicted molar refractivity (Wildman–Crippen MR) is 498 cm³/mol. The van der Waals surface area contributed by atoms with Crippen LogP contribution < -0.4 is 0 Å². The van der Waals surface area contributed by atoms with Crippen LogP contribution in [0.25, 0.3) is 0 Å². The quantitative estimate of drug-likeness (QED) is 0.253. The lowest BCUT2D eigenvalue weighted by atomic mass is 9.70. The zero-order valence-electron chi connectivity index (χ0n) is 85.2. The van der Waals surface area contributed by atoms with Crippen LogP contribution in [0.4, 0.5) is 0 Å². The third-order valence-electron chi connectivity index (χ3n) is 27.0. The number of likely N-dealkylation sites (tertiary alicyclic amines) is 5. The van der Waals surface area contributed by atoms with E-state index in [4.69, 9.17) is 0 Å². The minimum Gasteiger partial charge on any atom is -0.389 e. The topological polar surface area (TPSA) is 67.2 Å². The fraction of sp³-hybridized carbons (Fsp3) is 0.950. The van der Waals surface area contributed by atoms with Gasteiger partial charge >= 0.3 is 0 Å². The largest absolute Gasteiger partial charge is 0.389 e. The van der Waals surface area contributed by atoms with Crippen molar-refractivity contribution in [2.75, 3.05) is 105 Å². The van der Waals surface area contributed by atoms with Crippen molar-refractivity contribution in [2.24, 2.45) is 44.8 Å². The zero-order valence-corrected chi connectivity index (χ0v) is 85.2. The molecule has 9 heterocycles.